The summed E-state index contributed by atoms with van der Waals surface area (Å²) >= 11 is 1.77. The van der Waals surface area contributed by atoms with E-state index in [0.29, 0.717) is 17.5 Å². The van der Waals surface area contributed by atoms with E-state index in [1.807, 2.05) is 24.3 Å². The Kier molecular flexibility index (Phi) is 8.46. The first-order chi connectivity index (χ1) is 34.7. The number of furan rings is 1. The molecule has 0 amide bonds. The monoisotopic (exact) mass is 908 g/mol. The van der Waals surface area contributed by atoms with Crippen molar-refractivity contribution in [3.05, 3.63) is 218 Å². The Morgan fingerprint density at radius 2 is 0.900 bits per heavy atom. The summed E-state index contributed by atoms with van der Waals surface area (Å²) in [5, 5.41) is 15.2. The molecule has 4 aromatic heterocycles. The lowest BCUT2D eigenvalue weighted by atomic mass is 9.87. The van der Waals surface area contributed by atoms with Crippen molar-refractivity contribution in [2.45, 2.75) is 0 Å². The first-order valence-corrected chi connectivity index (χ1v) is 24.4. The van der Waals surface area contributed by atoms with Gasteiger partial charge in [0.25, 0.3) is 0 Å². The van der Waals surface area contributed by atoms with Gasteiger partial charge >= 0.3 is 0 Å². The van der Waals surface area contributed by atoms with Crippen molar-refractivity contribution in [1.82, 2.24) is 19.9 Å². The van der Waals surface area contributed by atoms with Crippen LogP contribution in [0.1, 0.15) is 0 Å². The van der Waals surface area contributed by atoms with E-state index in [1.165, 1.54) is 47.8 Å². The Bertz CT molecular complexity index is 4630. The van der Waals surface area contributed by atoms with Crippen LogP contribution >= 0.6 is 11.3 Å². The average molecular weight is 909 g/mol. The zero-order valence-corrected chi connectivity index (χ0v) is 38.2. The average Bonchev–Trinajstić information content (AvgIpc) is 4.01. The van der Waals surface area contributed by atoms with Gasteiger partial charge in [-0.1, -0.05) is 176 Å². The van der Waals surface area contributed by atoms with E-state index in [1.54, 1.807) is 11.3 Å². The number of fused-ring (bicyclic) bond motifs is 15. The van der Waals surface area contributed by atoms with Crippen molar-refractivity contribution in [2.75, 3.05) is 0 Å². The van der Waals surface area contributed by atoms with Crippen LogP contribution in [0.15, 0.2) is 223 Å². The van der Waals surface area contributed by atoms with E-state index in [-0.39, 0.29) is 0 Å². The molecule has 0 spiro atoms. The summed E-state index contributed by atoms with van der Waals surface area (Å²) in [6, 6.07) is 77.4. The third-order valence-electron chi connectivity index (χ3n) is 14.1. The molecule has 0 aliphatic carbocycles. The topological polar surface area (TPSA) is 64.7 Å². The molecular formula is C64H36N4OS. The van der Waals surface area contributed by atoms with Crippen molar-refractivity contribution in [3.8, 4) is 56.5 Å². The fourth-order valence-electron chi connectivity index (χ4n) is 11.0. The van der Waals surface area contributed by atoms with Gasteiger partial charge in [0.2, 0.25) is 0 Å². The van der Waals surface area contributed by atoms with Crippen molar-refractivity contribution >= 4 is 107 Å². The second-order valence-electron chi connectivity index (χ2n) is 18.0. The lowest BCUT2D eigenvalue weighted by Gasteiger charge is -2.17. The van der Waals surface area contributed by atoms with Crippen molar-refractivity contribution in [1.29, 1.82) is 0 Å². The molecule has 70 heavy (non-hydrogen) atoms. The van der Waals surface area contributed by atoms with Gasteiger partial charge in [-0.15, -0.1) is 11.3 Å². The molecule has 6 heteroatoms. The first-order valence-electron chi connectivity index (χ1n) is 23.5. The maximum atomic E-state index is 6.84. The molecule has 0 fully saturated rings. The maximum Gasteiger partial charge on any atom is 0.165 e. The second kappa shape index (κ2) is 15.2. The van der Waals surface area contributed by atoms with Gasteiger partial charge in [0, 0.05) is 74.9 Å². The molecule has 0 aliphatic heterocycles. The van der Waals surface area contributed by atoms with E-state index >= 15 is 0 Å². The van der Waals surface area contributed by atoms with E-state index in [4.69, 9.17) is 24.4 Å². The largest absolute Gasteiger partial charge is 0.456 e. The van der Waals surface area contributed by atoms with Gasteiger partial charge in [-0.05, 0) is 80.3 Å². The number of thiophene rings is 1. The number of pyridine rings is 1. The summed E-state index contributed by atoms with van der Waals surface area (Å²) in [6.07, 6.45) is 0. The Morgan fingerprint density at radius 3 is 1.70 bits per heavy atom. The van der Waals surface area contributed by atoms with Crippen LogP contribution in [0, 0.1) is 0 Å². The third kappa shape index (κ3) is 5.90. The van der Waals surface area contributed by atoms with Gasteiger partial charge in [-0.2, -0.15) is 0 Å². The molecule has 15 aromatic rings. The van der Waals surface area contributed by atoms with Crippen LogP contribution in [0.3, 0.4) is 0 Å². The molecule has 0 N–H and O–H groups in total. The first kappa shape index (κ1) is 38.9. The van der Waals surface area contributed by atoms with Crippen LogP contribution in [0.2, 0.25) is 0 Å². The number of hydrogen-bond donors (Lipinski definition) is 0. The Balaban J connectivity index is 0.992. The van der Waals surface area contributed by atoms with E-state index in [2.05, 4.69) is 194 Å². The van der Waals surface area contributed by atoms with Crippen molar-refractivity contribution in [3.63, 3.8) is 0 Å². The quantitative estimate of drug-likeness (QED) is 0.161. The molecule has 4 heterocycles. The molecule has 15 rings (SSSR count). The number of aromatic nitrogens is 4. The van der Waals surface area contributed by atoms with Crippen LogP contribution in [-0.2, 0) is 0 Å². The predicted octanol–water partition coefficient (Wildman–Crippen LogP) is 17.6. The van der Waals surface area contributed by atoms with Gasteiger partial charge in [-0.3, -0.25) is 0 Å². The highest BCUT2D eigenvalue weighted by Gasteiger charge is 2.24. The Labute approximate surface area is 404 Å². The molecule has 324 valence electrons. The number of para-hydroxylation sites is 2. The third-order valence-corrected chi connectivity index (χ3v) is 15.3. The summed E-state index contributed by atoms with van der Waals surface area (Å²) in [5.74, 6) is 1.84. The smallest absolute Gasteiger partial charge is 0.165 e. The highest BCUT2D eigenvalue weighted by Crippen LogP contribution is 2.48. The maximum absolute atomic E-state index is 6.84. The highest BCUT2D eigenvalue weighted by atomic mass is 32.1. The van der Waals surface area contributed by atoms with Crippen molar-refractivity contribution < 1.29 is 4.42 Å². The molecule has 0 bridgehead atoms. The molecule has 5 nitrogen and oxygen atoms in total. The minimum atomic E-state index is 0.588. The minimum Gasteiger partial charge on any atom is -0.456 e. The molecule has 0 radical (unpaired) electrons. The van der Waals surface area contributed by atoms with Crippen LogP contribution < -0.4 is 0 Å². The molecule has 0 atom stereocenters. The fraction of sp³-hybridized carbons (Fsp3) is 0. The summed E-state index contributed by atoms with van der Waals surface area (Å²) in [6.45, 7) is 0. The lowest BCUT2D eigenvalue weighted by molar-refractivity contribution is 0.669. The molecule has 11 aromatic carbocycles. The second-order valence-corrected chi connectivity index (χ2v) is 19.1. The number of nitrogens with zero attached hydrogens (tertiary/aromatic N) is 4. The lowest BCUT2D eigenvalue weighted by Crippen LogP contribution is -2.00. The predicted molar refractivity (Wildman–Crippen MR) is 292 cm³/mol. The van der Waals surface area contributed by atoms with Gasteiger partial charge in [0.1, 0.15) is 11.2 Å². The van der Waals surface area contributed by atoms with E-state index in [9.17, 15) is 0 Å². The summed E-state index contributed by atoms with van der Waals surface area (Å²) in [5.41, 5.74) is 9.37. The van der Waals surface area contributed by atoms with E-state index in [0.717, 1.165) is 87.4 Å². The molecule has 0 aliphatic rings. The summed E-state index contributed by atoms with van der Waals surface area (Å²) < 4.78 is 9.23. The van der Waals surface area contributed by atoms with Crippen LogP contribution in [-0.4, -0.2) is 19.9 Å². The molecule has 0 saturated heterocycles. The van der Waals surface area contributed by atoms with Gasteiger partial charge < -0.3 is 4.42 Å². The van der Waals surface area contributed by atoms with Crippen LogP contribution in [0.5, 0.6) is 0 Å². The molecular weight excluding hydrogens is 873 g/mol. The van der Waals surface area contributed by atoms with Crippen LogP contribution in [0.4, 0.5) is 0 Å². The number of benzene rings is 11. The van der Waals surface area contributed by atoms with Gasteiger partial charge in [0.05, 0.1) is 11.2 Å². The fourth-order valence-corrected chi connectivity index (χ4v) is 12.2. The standard InChI is InChI=1S/C64H36N4OS/c1-2-16-37(17-3-1)62-66-63(68-64(67-62)50-28-15-27-47-46-24-10-13-31-56(46)70-61(47)50)40-19-14-18-39(34-40)60-52-36-55-59(49-26-9-12-30-54(49)69-55)57(58(52)48-25-8-11-29-53(48)65-60)38-32-33-45-43-22-5-4-20-41(43)42-21-6-7-23-44(42)51(45)35-38/h1-36H. The normalized spacial score (nSPS) is 12.0. The summed E-state index contributed by atoms with van der Waals surface area (Å²) in [7, 11) is 0. The number of hydrogen-bond acceptors (Lipinski definition) is 6. The van der Waals surface area contributed by atoms with Crippen LogP contribution in [0.25, 0.3) is 153 Å². The Hall–Kier alpha value is -9.10. The van der Waals surface area contributed by atoms with Crippen molar-refractivity contribution in [2.24, 2.45) is 0 Å². The number of rotatable bonds is 5. The zero-order chi connectivity index (χ0) is 45.9. The Morgan fingerprint density at radius 1 is 0.314 bits per heavy atom. The molecule has 0 saturated carbocycles. The highest BCUT2D eigenvalue weighted by molar-refractivity contribution is 7.26. The van der Waals surface area contributed by atoms with E-state index < -0.39 is 0 Å². The summed E-state index contributed by atoms with van der Waals surface area (Å²) in [4.78, 5) is 21.2. The molecule has 0 unspecified atom stereocenters. The minimum absolute atomic E-state index is 0.588. The van der Waals surface area contributed by atoms with Gasteiger partial charge in [-0.25, -0.2) is 19.9 Å². The SMILES string of the molecule is c1ccc(-c2nc(-c3cccc(-c4nc5ccccc5c5c(-c6ccc7c8ccccc8c8ccccc8c7c6)c6c(cc45)oc4ccccc46)c3)nc(-c3cccc4c3sc3ccccc34)n2)cc1. The van der Waals surface area contributed by atoms with Gasteiger partial charge in [0.15, 0.2) is 17.5 Å². The zero-order valence-electron chi connectivity index (χ0n) is 37.4.